The summed E-state index contributed by atoms with van der Waals surface area (Å²) in [4.78, 5) is 6.60. The number of rotatable bonds is 4. The van der Waals surface area contributed by atoms with E-state index in [0.29, 0.717) is 11.8 Å². The fourth-order valence-electron chi connectivity index (χ4n) is 1.72. The van der Waals surface area contributed by atoms with Crippen LogP contribution in [0, 0.1) is 22.7 Å². The maximum Gasteiger partial charge on any atom is 0.133 e. The first-order valence-corrected chi connectivity index (χ1v) is 7.36. The van der Waals surface area contributed by atoms with E-state index >= 15 is 0 Å². The molecule has 1 aliphatic rings. The lowest BCUT2D eigenvalue weighted by Gasteiger charge is -2.33. The standard InChI is InChI=1S/C17H29N3/c1-13(2)17(7)10-11-20(12-18)15(19-17)9-8-14(3)16(4,5)6/h8-14,18H,1-7H3/b9-8-,18-12?. The number of hydrogen-bond acceptors (Lipinski definition) is 2. The van der Waals surface area contributed by atoms with Crippen LogP contribution in [-0.4, -0.2) is 22.6 Å². The second kappa shape index (κ2) is 5.94. The van der Waals surface area contributed by atoms with Crippen LogP contribution >= 0.6 is 0 Å². The quantitative estimate of drug-likeness (QED) is 0.596. The van der Waals surface area contributed by atoms with Crippen molar-refractivity contribution in [3.8, 4) is 0 Å². The van der Waals surface area contributed by atoms with Gasteiger partial charge in [0.15, 0.2) is 0 Å². The molecule has 0 aromatic rings. The number of nitrogens with one attached hydrogen (secondary N) is 1. The Morgan fingerprint density at radius 3 is 2.35 bits per heavy atom. The largest absolute Gasteiger partial charge is 0.293 e. The molecule has 0 amide bonds. The van der Waals surface area contributed by atoms with Gasteiger partial charge in [-0.2, -0.15) is 0 Å². The Labute approximate surface area is 124 Å². The molecule has 0 aromatic heterocycles. The number of amidine groups is 1. The summed E-state index contributed by atoms with van der Waals surface area (Å²) >= 11 is 0. The third-order valence-corrected chi connectivity index (χ3v) is 4.40. The summed E-state index contributed by atoms with van der Waals surface area (Å²) in [5.41, 5.74) is 0.0442. The smallest absolute Gasteiger partial charge is 0.133 e. The van der Waals surface area contributed by atoms with Crippen LogP contribution in [0.15, 0.2) is 29.4 Å². The Bertz CT molecular complexity index is 438. The predicted octanol–water partition coefficient (Wildman–Crippen LogP) is 4.47. The Kier molecular flexibility index (Phi) is 4.95. The van der Waals surface area contributed by atoms with Crippen molar-refractivity contribution in [1.29, 1.82) is 5.41 Å². The minimum atomic E-state index is -0.190. The van der Waals surface area contributed by atoms with Gasteiger partial charge in [0, 0.05) is 6.20 Å². The van der Waals surface area contributed by atoms with Crippen LogP contribution < -0.4 is 0 Å². The average Bonchev–Trinajstić information content (AvgIpc) is 2.34. The fourth-order valence-corrected chi connectivity index (χ4v) is 1.72. The first kappa shape index (κ1) is 16.7. The average molecular weight is 275 g/mol. The SMILES string of the molecule is CC(/C=C\C1=NC(C)(C(C)C)C=CN1C=N)C(C)(C)C. The zero-order valence-corrected chi connectivity index (χ0v) is 13.9. The van der Waals surface area contributed by atoms with Crippen molar-refractivity contribution >= 4 is 12.2 Å². The highest BCUT2D eigenvalue weighted by Gasteiger charge is 2.29. The summed E-state index contributed by atoms with van der Waals surface area (Å²) in [7, 11) is 0. The highest BCUT2D eigenvalue weighted by Crippen LogP contribution is 2.29. The molecule has 0 aliphatic carbocycles. The van der Waals surface area contributed by atoms with E-state index < -0.39 is 0 Å². The van der Waals surface area contributed by atoms with Crippen molar-refractivity contribution in [3.05, 3.63) is 24.4 Å². The summed E-state index contributed by atoms with van der Waals surface area (Å²) in [6, 6.07) is 0. The Hall–Kier alpha value is -1.38. The van der Waals surface area contributed by atoms with Crippen molar-refractivity contribution in [1.82, 2.24) is 4.90 Å². The van der Waals surface area contributed by atoms with Gasteiger partial charge in [-0.1, -0.05) is 47.6 Å². The summed E-state index contributed by atoms with van der Waals surface area (Å²) in [6.45, 7) is 15.4. The zero-order chi connectivity index (χ0) is 15.6. The van der Waals surface area contributed by atoms with E-state index in [9.17, 15) is 0 Å². The van der Waals surface area contributed by atoms with Gasteiger partial charge in [0.2, 0.25) is 0 Å². The Morgan fingerprint density at radius 2 is 1.90 bits per heavy atom. The fraction of sp³-hybridized carbons (Fsp3) is 0.647. The van der Waals surface area contributed by atoms with Crippen LogP contribution in [0.25, 0.3) is 0 Å². The maximum absolute atomic E-state index is 7.51. The molecule has 1 rings (SSSR count). The van der Waals surface area contributed by atoms with Crippen molar-refractivity contribution in [3.63, 3.8) is 0 Å². The van der Waals surface area contributed by atoms with Gasteiger partial charge in [-0.3, -0.25) is 15.3 Å². The summed E-state index contributed by atoms with van der Waals surface area (Å²) in [5, 5.41) is 7.51. The van der Waals surface area contributed by atoms with Crippen LogP contribution in [0.4, 0.5) is 0 Å². The summed E-state index contributed by atoms with van der Waals surface area (Å²) < 4.78 is 0. The molecule has 0 fully saturated rings. The van der Waals surface area contributed by atoms with Crippen LogP contribution in [0.3, 0.4) is 0 Å². The Balaban J connectivity index is 3.03. The van der Waals surface area contributed by atoms with E-state index in [1.807, 2.05) is 12.3 Å². The molecule has 0 spiro atoms. The monoisotopic (exact) mass is 275 g/mol. The molecule has 2 unspecified atom stereocenters. The molecule has 20 heavy (non-hydrogen) atoms. The van der Waals surface area contributed by atoms with E-state index in [-0.39, 0.29) is 11.0 Å². The van der Waals surface area contributed by atoms with E-state index in [0.717, 1.165) is 5.84 Å². The first-order valence-electron chi connectivity index (χ1n) is 7.36. The molecule has 2 atom stereocenters. The van der Waals surface area contributed by atoms with Crippen molar-refractivity contribution in [2.24, 2.45) is 22.2 Å². The van der Waals surface area contributed by atoms with Crippen LogP contribution in [0.1, 0.15) is 48.5 Å². The highest BCUT2D eigenvalue weighted by molar-refractivity contribution is 6.01. The predicted molar refractivity (Wildman–Crippen MR) is 88.2 cm³/mol. The zero-order valence-electron chi connectivity index (χ0n) is 13.9. The van der Waals surface area contributed by atoms with Crippen molar-refractivity contribution in [2.45, 2.75) is 54.0 Å². The molecule has 112 valence electrons. The second-order valence-electron chi connectivity index (χ2n) is 7.22. The van der Waals surface area contributed by atoms with Crippen molar-refractivity contribution < 1.29 is 0 Å². The molecule has 0 saturated heterocycles. The number of nitrogens with zero attached hydrogens (tertiary/aromatic N) is 2. The van der Waals surface area contributed by atoms with Crippen LogP contribution in [0.5, 0.6) is 0 Å². The van der Waals surface area contributed by atoms with Gasteiger partial charge < -0.3 is 0 Å². The molecule has 1 aliphatic heterocycles. The third kappa shape index (κ3) is 3.81. The number of allylic oxidation sites excluding steroid dienone is 1. The Morgan fingerprint density at radius 1 is 1.30 bits per heavy atom. The summed E-state index contributed by atoms with van der Waals surface area (Å²) in [6.07, 6.45) is 9.57. The van der Waals surface area contributed by atoms with Gasteiger partial charge in [0.1, 0.15) is 5.84 Å². The lowest BCUT2D eigenvalue weighted by Crippen LogP contribution is -2.37. The van der Waals surface area contributed by atoms with Gasteiger partial charge in [-0.25, -0.2) is 0 Å². The van der Waals surface area contributed by atoms with E-state index in [2.05, 4.69) is 60.6 Å². The molecule has 1 heterocycles. The highest BCUT2D eigenvalue weighted by atomic mass is 15.2. The minimum absolute atomic E-state index is 0.190. The van der Waals surface area contributed by atoms with E-state index in [4.69, 9.17) is 10.4 Å². The molecule has 3 heteroatoms. The van der Waals surface area contributed by atoms with Gasteiger partial charge in [0.05, 0.1) is 11.9 Å². The van der Waals surface area contributed by atoms with Crippen LogP contribution in [0.2, 0.25) is 0 Å². The second-order valence-corrected chi connectivity index (χ2v) is 7.22. The minimum Gasteiger partial charge on any atom is -0.293 e. The topological polar surface area (TPSA) is 39.5 Å². The lowest BCUT2D eigenvalue weighted by atomic mass is 9.82. The molecule has 3 nitrogen and oxygen atoms in total. The van der Waals surface area contributed by atoms with Gasteiger partial charge >= 0.3 is 0 Å². The van der Waals surface area contributed by atoms with E-state index in [1.165, 1.54) is 6.34 Å². The molecule has 0 saturated carbocycles. The van der Waals surface area contributed by atoms with E-state index in [1.54, 1.807) is 4.90 Å². The molecule has 0 radical (unpaired) electrons. The third-order valence-electron chi connectivity index (χ3n) is 4.40. The lowest BCUT2D eigenvalue weighted by molar-refractivity contribution is 0.314. The maximum atomic E-state index is 7.51. The molecular formula is C17H29N3. The number of hydrogen-bond donors (Lipinski definition) is 1. The normalized spacial score (nSPS) is 25.2. The van der Waals surface area contributed by atoms with Crippen molar-refractivity contribution in [2.75, 3.05) is 0 Å². The van der Waals surface area contributed by atoms with Gasteiger partial charge in [0.25, 0.3) is 0 Å². The van der Waals surface area contributed by atoms with Gasteiger partial charge in [-0.15, -0.1) is 0 Å². The molecule has 0 bridgehead atoms. The van der Waals surface area contributed by atoms with Gasteiger partial charge in [-0.05, 0) is 36.3 Å². The molecule has 0 aromatic carbocycles. The van der Waals surface area contributed by atoms with Crippen LogP contribution in [-0.2, 0) is 0 Å². The first-order chi connectivity index (χ1) is 9.10. The molecular weight excluding hydrogens is 246 g/mol. The molecule has 1 N–H and O–H groups in total. The number of aliphatic imine (C=N–C) groups is 1. The summed E-state index contributed by atoms with van der Waals surface area (Å²) in [5.74, 6) is 1.72.